The lowest BCUT2D eigenvalue weighted by molar-refractivity contribution is 0.561. The van der Waals surface area contributed by atoms with E-state index in [0.717, 1.165) is 23.1 Å². The van der Waals surface area contributed by atoms with Crippen molar-refractivity contribution in [3.63, 3.8) is 0 Å². The maximum Gasteiger partial charge on any atom is 0.192 e. The molecule has 0 radical (unpaired) electrons. The fraction of sp³-hybridized carbons (Fsp3) is 0.250. The molecule has 0 aliphatic carbocycles. The summed E-state index contributed by atoms with van der Waals surface area (Å²) in [6, 6.07) is 5.97. The van der Waals surface area contributed by atoms with Crippen LogP contribution in [0.3, 0.4) is 0 Å². The molecule has 0 atom stereocenters. The molecule has 1 aromatic carbocycles. The zero-order valence-corrected chi connectivity index (χ0v) is 8.73. The van der Waals surface area contributed by atoms with Gasteiger partial charge in [-0.25, -0.2) is 4.98 Å². The number of aryl methyl sites for hydroxylation is 1. The van der Waals surface area contributed by atoms with Gasteiger partial charge >= 0.3 is 0 Å². The highest BCUT2D eigenvalue weighted by molar-refractivity contribution is 5.76. The van der Waals surface area contributed by atoms with Crippen molar-refractivity contribution in [3.8, 4) is 0 Å². The predicted molar refractivity (Wildman–Crippen MR) is 61.5 cm³/mol. The standard InChI is InChI=1S/C12H14N2O/c1-9-14-11-8-10(4-2-3-7-13)5-6-12(11)15-9/h2,4-6,8H,3,7,13H2,1H3. The Kier molecular flexibility index (Phi) is 2.83. The Hall–Kier alpha value is -1.61. The van der Waals surface area contributed by atoms with Crippen molar-refractivity contribution < 1.29 is 4.42 Å². The third kappa shape index (κ3) is 2.25. The van der Waals surface area contributed by atoms with Gasteiger partial charge in [0.15, 0.2) is 11.5 Å². The summed E-state index contributed by atoms with van der Waals surface area (Å²) in [7, 11) is 0. The van der Waals surface area contributed by atoms with Gasteiger partial charge in [-0.2, -0.15) is 0 Å². The summed E-state index contributed by atoms with van der Waals surface area (Å²) in [6.45, 7) is 2.53. The van der Waals surface area contributed by atoms with Crippen LogP contribution >= 0.6 is 0 Å². The molecule has 2 N–H and O–H groups in total. The van der Waals surface area contributed by atoms with Gasteiger partial charge < -0.3 is 10.2 Å². The molecule has 0 spiro atoms. The molecule has 0 aliphatic heterocycles. The summed E-state index contributed by atoms with van der Waals surface area (Å²) in [6.07, 6.45) is 5.01. The molecule has 0 bridgehead atoms. The number of oxazole rings is 1. The van der Waals surface area contributed by atoms with Crippen molar-refractivity contribution in [1.82, 2.24) is 4.98 Å². The number of nitrogens with two attached hydrogens (primary N) is 1. The lowest BCUT2D eigenvalue weighted by Crippen LogP contribution is -1.94. The van der Waals surface area contributed by atoms with Crippen LogP contribution in [0.1, 0.15) is 17.9 Å². The first-order chi connectivity index (χ1) is 7.29. The molecule has 3 nitrogen and oxygen atoms in total. The largest absolute Gasteiger partial charge is 0.441 e. The second kappa shape index (κ2) is 4.28. The smallest absolute Gasteiger partial charge is 0.192 e. The fourth-order valence-electron chi connectivity index (χ4n) is 1.48. The van der Waals surface area contributed by atoms with Crippen LogP contribution in [0, 0.1) is 6.92 Å². The number of hydrogen-bond donors (Lipinski definition) is 1. The fourth-order valence-corrected chi connectivity index (χ4v) is 1.48. The summed E-state index contributed by atoms with van der Waals surface area (Å²) in [4.78, 5) is 4.28. The van der Waals surface area contributed by atoms with Crippen LogP contribution in [-0.2, 0) is 0 Å². The molecule has 1 heterocycles. The number of benzene rings is 1. The molecule has 2 aromatic rings. The van der Waals surface area contributed by atoms with Gasteiger partial charge in [0.05, 0.1) is 0 Å². The number of rotatable bonds is 3. The maximum atomic E-state index is 5.41. The Labute approximate surface area is 88.6 Å². The van der Waals surface area contributed by atoms with Crippen molar-refractivity contribution >= 4 is 17.2 Å². The van der Waals surface area contributed by atoms with Crippen LogP contribution < -0.4 is 5.73 Å². The second-order valence-corrected chi connectivity index (χ2v) is 3.44. The van der Waals surface area contributed by atoms with Crippen LogP contribution in [-0.4, -0.2) is 11.5 Å². The van der Waals surface area contributed by atoms with E-state index in [2.05, 4.69) is 17.1 Å². The molecule has 15 heavy (non-hydrogen) atoms. The average molecular weight is 202 g/mol. The molecule has 78 valence electrons. The van der Waals surface area contributed by atoms with Crippen molar-refractivity contribution in [1.29, 1.82) is 0 Å². The molecular weight excluding hydrogens is 188 g/mol. The highest BCUT2D eigenvalue weighted by Crippen LogP contribution is 2.17. The Balaban J connectivity index is 2.30. The quantitative estimate of drug-likeness (QED) is 0.831. The molecule has 3 heteroatoms. The first-order valence-electron chi connectivity index (χ1n) is 5.03. The zero-order chi connectivity index (χ0) is 10.7. The number of aromatic nitrogens is 1. The van der Waals surface area contributed by atoms with Crippen molar-refractivity contribution in [2.45, 2.75) is 13.3 Å². The predicted octanol–water partition coefficient (Wildman–Crippen LogP) is 2.50. The van der Waals surface area contributed by atoms with E-state index in [-0.39, 0.29) is 0 Å². The number of fused-ring (bicyclic) bond motifs is 1. The Bertz CT molecular complexity index is 485. The summed E-state index contributed by atoms with van der Waals surface area (Å²) >= 11 is 0. The van der Waals surface area contributed by atoms with E-state index >= 15 is 0 Å². The monoisotopic (exact) mass is 202 g/mol. The van der Waals surface area contributed by atoms with E-state index in [1.54, 1.807) is 0 Å². The molecule has 1 aromatic heterocycles. The van der Waals surface area contributed by atoms with Gasteiger partial charge in [-0.05, 0) is 30.7 Å². The van der Waals surface area contributed by atoms with E-state index in [9.17, 15) is 0 Å². The zero-order valence-electron chi connectivity index (χ0n) is 8.73. The van der Waals surface area contributed by atoms with Crippen molar-refractivity contribution in [2.75, 3.05) is 6.54 Å². The van der Waals surface area contributed by atoms with E-state index in [0.29, 0.717) is 12.4 Å². The van der Waals surface area contributed by atoms with Crippen LogP contribution in [0.4, 0.5) is 0 Å². The maximum absolute atomic E-state index is 5.41. The molecule has 0 amide bonds. The van der Waals surface area contributed by atoms with E-state index in [4.69, 9.17) is 10.2 Å². The SMILES string of the molecule is Cc1nc2cc(C=CCCN)ccc2o1. The molecular formula is C12H14N2O. The van der Waals surface area contributed by atoms with E-state index in [1.807, 2.05) is 25.1 Å². The van der Waals surface area contributed by atoms with E-state index in [1.165, 1.54) is 0 Å². The summed E-state index contributed by atoms with van der Waals surface area (Å²) in [5.41, 5.74) is 8.28. The second-order valence-electron chi connectivity index (χ2n) is 3.44. The molecule has 0 saturated heterocycles. The minimum absolute atomic E-state index is 0.682. The van der Waals surface area contributed by atoms with Gasteiger partial charge in [-0.3, -0.25) is 0 Å². The van der Waals surface area contributed by atoms with Crippen molar-refractivity contribution in [3.05, 3.63) is 35.7 Å². The third-order valence-corrected chi connectivity index (χ3v) is 2.16. The summed E-state index contributed by atoms with van der Waals surface area (Å²) < 4.78 is 5.39. The van der Waals surface area contributed by atoms with Crippen LogP contribution in [0.2, 0.25) is 0 Å². The minimum atomic E-state index is 0.682. The minimum Gasteiger partial charge on any atom is -0.441 e. The first kappa shape index (κ1) is 9.93. The summed E-state index contributed by atoms with van der Waals surface area (Å²) in [5.74, 6) is 0.702. The molecule has 0 aliphatic rings. The van der Waals surface area contributed by atoms with E-state index < -0.39 is 0 Å². The molecule has 0 unspecified atom stereocenters. The topological polar surface area (TPSA) is 52.0 Å². The normalized spacial score (nSPS) is 11.6. The Morgan fingerprint density at radius 2 is 2.33 bits per heavy atom. The molecule has 2 rings (SSSR count). The first-order valence-corrected chi connectivity index (χ1v) is 5.03. The lowest BCUT2D eigenvalue weighted by atomic mass is 10.2. The van der Waals surface area contributed by atoms with Crippen LogP contribution in [0.25, 0.3) is 17.2 Å². The highest BCUT2D eigenvalue weighted by atomic mass is 16.3. The summed E-state index contributed by atoms with van der Waals surface area (Å²) in [5, 5.41) is 0. The highest BCUT2D eigenvalue weighted by Gasteiger charge is 2.00. The van der Waals surface area contributed by atoms with Gasteiger partial charge in [-0.15, -0.1) is 0 Å². The van der Waals surface area contributed by atoms with Gasteiger partial charge in [0, 0.05) is 6.92 Å². The number of nitrogens with zero attached hydrogens (tertiary/aromatic N) is 1. The average Bonchev–Trinajstić information content (AvgIpc) is 2.57. The lowest BCUT2D eigenvalue weighted by Gasteiger charge is -1.92. The Morgan fingerprint density at radius 1 is 1.47 bits per heavy atom. The van der Waals surface area contributed by atoms with Gasteiger partial charge in [0.25, 0.3) is 0 Å². The van der Waals surface area contributed by atoms with Crippen LogP contribution in [0.5, 0.6) is 0 Å². The van der Waals surface area contributed by atoms with Gasteiger partial charge in [-0.1, -0.05) is 18.2 Å². The van der Waals surface area contributed by atoms with Gasteiger partial charge in [0.1, 0.15) is 5.52 Å². The molecule has 0 fully saturated rings. The van der Waals surface area contributed by atoms with Crippen LogP contribution in [0.15, 0.2) is 28.7 Å². The number of hydrogen-bond acceptors (Lipinski definition) is 3. The van der Waals surface area contributed by atoms with Crippen molar-refractivity contribution in [2.24, 2.45) is 5.73 Å². The molecule has 0 saturated carbocycles. The van der Waals surface area contributed by atoms with Gasteiger partial charge in [0.2, 0.25) is 0 Å². The third-order valence-electron chi connectivity index (χ3n) is 2.16. The Morgan fingerprint density at radius 3 is 3.13 bits per heavy atom.